The molecule has 0 amide bonds. The molecule has 2 fully saturated rings. The summed E-state index contributed by atoms with van der Waals surface area (Å²) in [5.41, 5.74) is 4.91. The van der Waals surface area contributed by atoms with Crippen molar-refractivity contribution in [1.82, 2.24) is 4.37 Å². The summed E-state index contributed by atoms with van der Waals surface area (Å²) in [6, 6.07) is 8.64. The van der Waals surface area contributed by atoms with E-state index in [1.807, 2.05) is 0 Å². The standard InChI is InChI=1S/C26H31NOS/c1-25-13-11-17(28)15-16(25)7-8-18-20-9-10-22(26(20,2)14-12-21(18)25)24-19-5-3-4-6-23(19)27-29-24/h3-7,10,17-18,20-21,28H,8-9,11-15H2,1-2H3/t17-,18-,20-,21-,25-,26-/m0/s1. The Morgan fingerprint density at radius 1 is 1.00 bits per heavy atom. The van der Waals surface area contributed by atoms with Crippen LogP contribution in [0.3, 0.4) is 0 Å². The van der Waals surface area contributed by atoms with Crippen LogP contribution in [0.2, 0.25) is 0 Å². The fraction of sp³-hybridized carbons (Fsp3) is 0.577. The zero-order valence-corrected chi connectivity index (χ0v) is 18.3. The van der Waals surface area contributed by atoms with E-state index in [0.717, 1.165) is 36.1 Å². The van der Waals surface area contributed by atoms with Gasteiger partial charge in [0, 0.05) is 5.39 Å². The molecule has 1 heterocycles. The average molecular weight is 406 g/mol. The lowest BCUT2D eigenvalue weighted by atomic mass is 9.47. The fourth-order valence-electron chi connectivity index (χ4n) is 7.64. The molecule has 0 unspecified atom stereocenters. The molecule has 0 radical (unpaired) electrons. The molecule has 0 aliphatic heterocycles. The van der Waals surface area contributed by atoms with Gasteiger partial charge in [-0.15, -0.1) is 0 Å². The third-order valence-electron chi connectivity index (χ3n) is 9.29. The predicted molar refractivity (Wildman–Crippen MR) is 121 cm³/mol. The zero-order chi connectivity index (χ0) is 19.8. The van der Waals surface area contributed by atoms with E-state index in [4.69, 9.17) is 4.37 Å². The van der Waals surface area contributed by atoms with Crippen LogP contribution in [-0.4, -0.2) is 15.6 Å². The number of nitrogens with zero attached hydrogens (tertiary/aromatic N) is 1. The largest absolute Gasteiger partial charge is 0.393 e. The number of aromatic nitrogens is 1. The highest BCUT2D eigenvalue weighted by Gasteiger charge is 2.57. The molecular formula is C26H31NOS. The summed E-state index contributed by atoms with van der Waals surface area (Å²) in [6.07, 6.45) is 13.1. The van der Waals surface area contributed by atoms with Gasteiger partial charge in [0.1, 0.15) is 0 Å². The van der Waals surface area contributed by atoms with Gasteiger partial charge >= 0.3 is 0 Å². The maximum atomic E-state index is 10.2. The van der Waals surface area contributed by atoms with Crippen LogP contribution in [0, 0.1) is 28.6 Å². The second-order valence-electron chi connectivity index (χ2n) is 10.5. The number of fused-ring (bicyclic) bond motifs is 6. The van der Waals surface area contributed by atoms with Crippen molar-refractivity contribution in [2.24, 2.45) is 28.6 Å². The molecule has 29 heavy (non-hydrogen) atoms. The third-order valence-corrected chi connectivity index (χ3v) is 10.2. The van der Waals surface area contributed by atoms with Gasteiger partial charge in [-0.2, -0.15) is 4.37 Å². The number of aliphatic hydroxyl groups excluding tert-OH is 1. The molecule has 4 aliphatic rings. The molecule has 4 aliphatic carbocycles. The van der Waals surface area contributed by atoms with Crippen molar-refractivity contribution < 1.29 is 5.11 Å². The normalized spacial score (nSPS) is 41.3. The molecule has 2 aromatic rings. The van der Waals surface area contributed by atoms with Gasteiger partial charge in [-0.3, -0.25) is 0 Å². The van der Waals surface area contributed by atoms with Gasteiger partial charge < -0.3 is 5.11 Å². The van der Waals surface area contributed by atoms with Crippen LogP contribution in [-0.2, 0) is 0 Å². The smallest absolute Gasteiger partial charge is 0.0847 e. The minimum Gasteiger partial charge on any atom is -0.393 e. The van der Waals surface area contributed by atoms with E-state index >= 15 is 0 Å². The Balaban J connectivity index is 1.36. The molecule has 1 N–H and O–H groups in total. The first-order chi connectivity index (χ1) is 14.0. The summed E-state index contributed by atoms with van der Waals surface area (Å²) < 4.78 is 4.75. The second-order valence-corrected chi connectivity index (χ2v) is 11.3. The molecular weight excluding hydrogens is 374 g/mol. The Morgan fingerprint density at radius 2 is 1.83 bits per heavy atom. The molecule has 2 saturated carbocycles. The number of aliphatic hydroxyl groups is 1. The number of rotatable bonds is 1. The lowest BCUT2D eigenvalue weighted by Gasteiger charge is -2.57. The first-order valence-corrected chi connectivity index (χ1v) is 12.2. The highest BCUT2D eigenvalue weighted by atomic mass is 32.1. The van der Waals surface area contributed by atoms with Crippen LogP contribution >= 0.6 is 11.5 Å². The molecule has 6 rings (SSSR count). The van der Waals surface area contributed by atoms with Gasteiger partial charge in [0.2, 0.25) is 0 Å². The van der Waals surface area contributed by atoms with E-state index in [0.29, 0.717) is 5.41 Å². The summed E-state index contributed by atoms with van der Waals surface area (Å²) >= 11 is 1.70. The SMILES string of the molecule is C[C@]12CC[C@H](O)CC1=CC[C@@H]1[C@@H]2CC[C@]2(C)C(c3snc4ccccc34)=CC[C@@H]12. The van der Waals surface area contributed by atoms with Crippen molar-refractivity contribution >= 4 is 28.0 Å². The van der Waals surface area contributed by atoms with E-state index in [2.05, 4.69) is 50.3 Å². The van der Waals surface area contributed by atoms with Gasteiger partial charge in [-0.1, -0.05) is 49.8 Å². The Kier molecular flexibility index (Phi) is 3.97. The van der Waals surface area contributed by atoms with Crippen molar-refractivity contribution in [2.75, 3.05) is 0 Å². The number of hydrogen-bond donors (Lipinski definition) is 1. The Hall–Kier alpha value is -1.45. The first-order valence-electron chi connectivity index (χ1n) is 11.4. The van der Waals surface area contributed by atoms with E-state index in [9.17, 15) is 5.11 Å². The average Bonchev–Trinajstić information content (AvgIpc) is 3.29. The minimum atomic E-state index is -0.112. The van der Waals surface area contributed by atoms with Gasteiger partial charge in [-0.05, 0) is 96.7 Å². The number of benzene rings is 1. The van der Waals surface area contributed by atoms with Crippen LogP contribution in [0.15, 0.2) is 42.0 Å². The quantitative estimate of drug-likeness (QED) is 0.541. The molecule has 2 nitrogen and oxygen atoms in total. The first kappa shape index (κ1) is 18.3. The van der Waals surface area contributed by atoms with E-state index < -0.39 is 0 Å². The molecule has 1 aromatic carbocycles. The van der Waals surface area contributed by atoms with Gasteiger partial charge in [0.05, 0.1) is 16.5 Å². The fourth-order valence-corrected chi connectivity index (χ4v) is 8.68. The summed E-state index contributed by atoms with van der Waals surface area (Å²) in [5.74, 6) is 2.32. The Morgan fingerprint density at radius 3 is 2.72 bits per heavy atom. The lowest BCUT2D eigenvalue weighted by Crippen LogP contribution is -2.49. The molecule has 152 valence electrons. The predicted octanol–water partition coefficient (Wildman–Crippen LogP) is 6.61. The van der Waals surface area contributed by atoms with Gasteiger partial charge in [-0.25, -0.2) is 0 Å². The third kappa shape index (κ3) is 2.47. The van der Waals surface area contributed by atoms with E-state index in [-0.39, 0.29) is 11.5 Å². The summed E-state index contributed by atoms with van der Waals surface area (Å²) in [5, 5.41) is 11.6. The van der Waals surface area contributed by atoms with Gasteiger partial charge in [0.15, 0.2) is 0 Å². The summed E-state index contributed by atoms with van der Waals surface area (Å²) in [7, 11) is 0. The Labute approximate surface area is 177 Å². The van der Waals surface area contributed by atoms with Crippen LogP contribution in [0.5, 0.6) is 0 Å². The Bertz CT molecular complexity index is 1030. The topological polar surface area (TPSA) is 33.1 Å². The molecule has 0 bridgehead atoms. The molecule has 3 heteroatoms. The zero-order valence-electron chi connectivity index (χ0n) is 17.5. The maximum absolute atomic E-state index is 10.2. The lowest BCUT2D eigenvalue weighted by molar-refractivity contribution is -0.0237. The molecule has 0 saturated heterocycles. The summed E-state index contributed by atoms with van der Waals surface area (Å²) in [6.45, 7) is 5.07. The van der Waals surface area contributed by atoms with Crippen LogP contribution in [0.4, 0.5) is 0 Å². The number of allylic oxidation sites excluding steroid dienone is 3. The monoisotopic (exact) mass is 405 g/mol. The second kappa shape index (κ2) is 6.28. The van der Waals surface area contributed by atoms with Crippen LogP contribution in [0.1, 0.15) is 63.7 Å². The van der Waals surface area contributed by atoms with Crippen molar-refractivity contribution in [3.8, 4) is 0 Å². The highest BCUT2D eigenvalue weighted by molar-refractivity contribution is 7.08. The van der Waals surface area contributed by atoms with Crippen LogP contribution < -0.4 is 0 Å². The van der Waals surface area contributed by atoms with Crippen molar-refractivity contribution in [1.29, 1.82) is 0 Å². The summed E-state index contributed by atoms with van der Waals surface area (Å²) in [4.78, 5) is 1.42. The van der Waals surface area contributed by atoms with Crippen molar-refractivity contribution in [3.63, 3.8) is 0 Å². The van der Waals surface area contributed by atoms with E-state index in [1.54, 1.807) is 22.7 Å². The molecule has 0 spiro atoms. The number of hydrogen-bond acceptors (Lipinski definition) is 3. The van der Waals surface area contributed by atoms with E-state index in [1.165, 1.54) is 42.4 Å². The van der Waals surface area contributed by atoms with Crippen molar-refractivity contribution in [2.45, 2.75) is 64.9 Å². The van der Waals surface area contributed by atoms with Crippen LogP contribution in [0.25, 0.3) is 16.5 Å². The molecule has 1 aromatic heterocycles. The van der Waals surface area contributed by atoms with Gasteiger partial charge in [0.25, 0.3) is 0 Å². The molecule has 6 atom stereocenters. The van der Waals surface area contributed by atoms with Crippen molar-refractivity contribution in [3.05, 3.63) is 46.9 Å². The highest BCUT2D eigenvalue weighted by Crippen LogP contribution is 2.66. The minimum absolute atomic E-state index is 0.112. The maximum Gasteiger partial charge on any atom is 0.0847 e.